The summed E-state index contributed by atoms with van der Waals surface area (Å²) >= 11 is 5.73. The Morgan fingerprint density at radius 3 is 2.83 bits per heavy atom. The molecule has 18 heavy (non-hydrogen) atoms. The third-order valence-electron chi connectivity index (χ3n) is 2.19. The van der Waals surface area contributed by atoms with Crippen molar-refractivity contribution in [1.82, 2.24) is 4.98 Å². The Hall–Kier alpha value is -2.38. The molecule has 0 aliphatic heterocycles. The molecule has 0 amide bonds. The lowest BCUT2D eigenvalue weighted by Gasteiger charge is -2.07. The monoisotopic (exact) mass is 258 g/mol. The molecule has 1 aromatic carbocycles. The van der Waals surface area contributed by atoms with E-state index in [1.54, 1.807) is 18.2 Å². The first-order valence-corrected chi connectivity index (χ1v) is 5.39. The topological polar surface area (TPSA) is 63.0 Å². The van der Waals surface area contributed by atoms with Gasteiger partial charge in [-0.3, -0.25) is 4.79 Å². The van der Waals surface area contributed by atoms with Crippen LogP contribution in [0.4, 0.5) is 0 Å². The van der Waals surface area contributed by atoms with E-state index in [1.165, 1.54) is 18.3 Å². The van der Waals surface area contributed by atoms with Crippen LogP contribution < -0.4 is 4.74 Å². The van der Waals surface area contributed by atoms with Crippen molar-refractivity contribution in [3.8, 4) is 17.6 Å². The van der Waals surface area contributed by atoms with Crippen LogP contribution in [0.2, 0.25) is 5.15 Å². The molecular weight excluding hydrogens is 252 g/mol. The van der Waals surface area contributed by atoms with Gasteiger partial charge in [0.25, 0.3) is 0 Å². The molecule has 0 bridgehead atoms. The zero-order valence-corrected chi connectivity index (χ0v) is 9.89. The molecule has 0 aliphatic rings. The van der Waals surface area contributed by atoms with Gasteiger partial charge in [-0.05, 0) is 24.3 Å². The highest BCUT2D eigenvalue weighted by Crippen LogP contribution is 2.26. The number of nitrogens with zero attached hydrogens (tertiary/aromatic N) is 2. The van der Waals surface area contributed by atoms with Gasteiger partial charge in [0.05, 0.1) is 5.56 Å². The van der Waals surface area contributed by atoms with E-state index in [0.717, 1.165) is 0 Å². The first kappa shape index (κ1) is 12.1. The van der Waals surface area contributed by atoms with Crippen molar-refractivity contribution in [2.75, 3.05) is 0 Å². The summed E-state index contributed by atoms with van der Waals surface area (Å²) in [6.45, 7) is 0. The number of benzene rings is 1. The maximum absolute atomic E-state index is 10.6. The lowest BCUT2D eigenvalue weighted by atomic mass is 10.1. The predicted molar refractivity (Wildman–Crippen MR) is 65.9 cm³/mol. The highest BCUT2D eigenvalue weighted by Gasteiger charge is 2.06. The van der Waals surface area contributed by atoms with Gasteiger partial charge in [-0.1, -0.05) is 11.6 Å². The van der Waals surface area contributed by atoms with Crippen LogP contribution in [0.1, 0.15) is 15.9 Å². The quantitative estimate of drug-likeness (QED) is 0.626. The molecule has 0 saturated carbocycles. The average molecular weight is 259 g/mol. The lowest BCUT2D eigenvalue weighted by Crippen LogP contribution is -1.91. The number of carbonyl (C=O) groups excluding carboxylic acids is 1. The highest BCUT2D eigenvalue weighted by molar-refractivity contribution is 6.29. The van der Waals surface area contributed by atoms with E-state index >= 15 is 0 Å². The summed E-state index contributed by atoms with van der Waals surface area (Å²) in [5, 5.41) is 9.29. The van der Waals surface area contributed by atoms with Gasteiger partial charge in [0.15, 0.2) is 0 Å². The maximum atomic E-state index is 10.6. The highest BCUT2D eigenvalue weighted by atomic mass is 35.5. The molecule has 0 saturated heterocycles. The molecule has 2 rings (SSSR count). The minimum atomic E-state index is 0.285. The van der Waals surface area contributed by atoms with Crippen molar-refractivity contribution in [3.05, 3.63) is 52.8 Å². The van der Waals surface area contributed by atoms with E-state index in [2.05, 4.69) is 4.98 Å². The standard InChI is InChI=1S/C13H7ClN2O2/c14-13-6-11(3-4-16-13)18-12-2-1-9(8-17)5-10(12)7-15/h1-6,8H. The van der Waals surface area contributed by atoms with E-state index < -0.39 is 0 Å². The third-order valence-corrected chi connectivity index (χ3v) is 2.39. The van der Waals surface area contributed by atoms with Crippen LogP contribution in [-0.2, 0) is 0 Å². The van der Waals surface area contributed by atoms with Crippen LogP contribution in [0.25, 0.3) is 0 Å². The summed E-state index contributed by atoms with van der Waals surface area (Å²) in [4.78, 5) is 14.4. The number of hydrogen-bond acceptors (Lipinski definition) is 4. The van der Waals surface area contributed by atoms with Crippen LogP contribution >= 0.6 is 11.6 Å². The Bertz CT molecular complexity index is 635. The second kappa shape index (κ2) is 5.30. The van der Waals surface area contributed by atoms with E-state index in [1.807, 2.05) is 6.07 Å². The van der Waals surface area contributed by atoms with E-state index in [-0.39, 0.29) is 5.56 Å². The number of hydrogen-bond donors (Lipinski definition) is 0. The minimum absolute atomic E-state index is 0.285. The minimum Gasteiger partial charge on any atom is -0.456 e. The molecule has 0 spiro atoms. The second-order valence-corrected chi connectivity index (χ2v) is 3.79. The zero-order valence-electron chi connectivity index (χ0n) is 9.13. The number of carbonyl (C=O) groups is 1. The fourth-order valence-electron chi connectivity index (χ4n) is 1.37. The van der Waals surface area contributed by atoms with Crippen LogP contribution in [0.5, 0.6) is 11.5 Å². The molecular formula is C13H7ClN2O2. The molecule has 2 aromatic rings. The number of rotatable bonds is 3. The molecule has 0 N–H and O–H groups in total. The van der Waals surface area contributed by atoms with Crippen molar-refractivity contribution in [2.45, 2.75) is 0 Å². The Morgan fingerprint density at radius 1 is 1.33 bits per heavy atom. The Labute approximate surface area is 108 Å². The van der Waals surface area contributed by atoms with Crippen LogP contribution in [-0.4, -0.2) is 11.3 Å². The molecule has 0 fully saturated rings. The van der Waals surface area contributed by atoms with Crippen LogP contribution in [0, 0.1) is 11.3 Å². The number of ether oxygens (including phenoxy) is 1. The Balaban J connectivity index is 2.35. The number of aldehydes is 1. The molecule has 0 aliphatic carbocycles. The number of halogens is 1. The first-order chi connectivity index (χ1) is 8.72. The molecule has 0 unspecified atom stereocenters. The van der Waals surface area contributed by atoms with E-state index in [9.17, 15) is 4.79 Å². The fraction of sp³-hybridized carbons (Fsp3) is 0. The van der Waals surface area contributed by atoms with Gasteiger partial charge in [0, 0.05) is 17.8 Å². The fourth-order valence-corrected chi connectivity index (χ4v) is 1.54. The van der Waals surface area contributed by atoms with Gasteiger partial charge in [0.1, 0.15) is 29.0 Å². The first-order valence-electron chi connectivity index (χ1n) is 5.01. The SMILES string of the molecule is N#Cc1cc(C=O)ccc1Oc1ccnc(Cl)c1. The summed E-state index contributed by atoms with van der Waals surface area (Å²) in [5.74, 6) is 0.843. The van der Waals surface area contributed by atoms with Gasteiger partial charge in [-0.15, -0.1) is 0 Å². The summed E-state index contributed by atoms with van der Waals surface area (Å²) in [5.41, 5.74) is 0.708. The predicted octanol–water partition coefficient (Wildman–Crippen LogP) is 3.21. The maximum Gasteiger partial charge on any atom is 0.150 e. The van der Waals surface area contributed by atoms with Crippen molar-refractivity contribution in [1.29, 1.82) is 5.26 Å². The normalized spacial score (nSPS) is 9.56. The van der Waals surface area contributed by atoms with Gasteiger partial charge >= 0.3 is 0 Å². The molecule has 5 heteroatoms. The summed E-state index contributed by atoms with van der Waals surface area (Å²) < 4.78 is 5.52. The van der Waals surface area contributed by atoms with Crippen LogP contribution in [0.15, 0.2) is 36.5 Å². The molecule has 4 nitrogen and oxygen atoms in total. The second-order valence-electron chi connectivity index (χ2n) is 3.40. The van der Waals surface area contributed by atoms with Crippen molar-refractivity contribution >= 4 is 17.9 Å². The number of nitriles is 1. The molecule has 0 atom stereocenters. The van der Waals surface area contributed by atoms with Gasteiger partial charge in [0.2, 0.25) is 0 Å². The third kappa shape index (κ3) is 2.65. The number of pyridine rings is 1. The van der Waals surface area contributed by atoms with Crippen molar-refractivity contribution in [3.63, 3.8) is 0 Å². The molecule has 0 radical (unpaired) electrons. The van der Waals surface area contributed by atoms with Gasteiger partial charge < -0.3 is 4.74 Å². The van der Waals surface area contributed by atoms with E-state index in [0.29, 0.717) is 28.5 Å². The summed E-state index contributed by atoms with van der Waals surface area (Å²) in [6.07, 6.45) is 2.18. The Kier molecular flexibility index (Phi) is 3.56. The summed E-state index contributed by atoms with van der Waals surface area (Å²) in [7, 11) is 0. The molecule has 1 aromatic heterocycles. The average Bonchev–Trinajstić information content (AvgIpc) is 2.39. The van der Waals surface area contributed by atoms with Crippen molar-refractivity contribution < 1.29 is 9.53 Å². The Morgan fingerprint density at radius 2 is 2.17 bits per heavy atom. The van der Waals surface area contributed by atoms with Crippen LogP contribution in [0.3, 0.4) is 0 Å². The lowest BCUT2D eigenvalue weighted by molar-refractivity contribution is 0.112. The van der Waals surface area contributed by atoms with Gasteiger partial charge in [-0.25, -0.2) is 4.98 Å². The summed E-state index contributed by atoms with van der Waals surface area (Å²) in [6, 6.07) is 9.74. The number of aromatic nitrogens is 1. The van der Waals surface area contributed by atoms with Gasteiger partial charge in [-0.2, -0.15) is 5.26 Å². The van der Waals surface area contributed by atoms with Crippen molar-refractivity contribution in [2.24, 2.45) is 0 Å². The largest absolute Gasteiger partial charge is 0.456 e. The zero-order chi connectivity index (χ0) is 13.0. The van der Waals surface area contributed by atoms with E-state index in [4.69, 9.17) is 21.6 Å². The smallest absolute Gasteiger partial charge is 0.150 e. The molecule has 88 valence electrons. The molecule has 1 heterocycles.